The highest BCUT2D eigenvalue weighted by Crippen LogP contribution is 2.46. The highest BCUT2D eigenvalue weighted by Gasteiger charge is 2.27. The van der Waals surface area contributed by atoms with Gasteiger partial charge in [-0.1, -0.05) is 149 Å². The summed E-state index contributed by atoms with van der Waals surface area (Å²) in [7, 11) is 0. The number of hydrogen-bond acceptors (Lipinski definition) is 2. The van der Waals surface area contributed by atoms with Gasteiger partial charge in [0.15, 0.2) is 0 Å². The SMILES string of the molecule is Cc1c(C)c([C@H](C)c2ccccc2)c(/N=C/C=N/c2c([C@H](C)c3ccccc3)c(C)c(C)c(C)c2[C@H](C)c2ccccc2)c([C@H](C)c2ccccc2)c1C. The molecule has 0 aliphatic rings. The molecule has 0 aromatic heterocycles. The monoisotopic (exact) mass is 708 g/mol. The average molecular weight is 709 g/mol. The van der Waals surface area contributed by atoms with Crippen molar-refractivity contribution in [2.45, 2.75) is 92.9 Å². The Hall–Kier alpha value is -5.34. The first kappa shape index (κ1) is 38.4. The van der Waals surface area contributed by atoms with E-state index >= 15 is 0 Å². The first-order chi connectivity index (χ1) is 26.0. The van der Waals surface area contributed by atoms with Gasteiger partial charge in [0.25, 0.3) is 0 Å². The molecule has 4 atom stereocenters. The van der Waals surface area contributed by atoms with Gasteiger partial charge < -0.3 is 0 Å². The highest BCUT2D eigenvalue weighted by atomic mass is 14.8. The van der Waals surface area contributed by atoms with Crippen molar-refractivity contribution in [3.05, 3.63) is 199 Å². The van der Waals surface area contributed by atoms with Gasteiger partial charge in [0.1, 0.15) is 0 Å². The average Bonchev–Trinajstić information content (AvgIpc) is 3.21. The van der Waals surface area contributed by atoms with Crippen molar-refractivity contribution in [2.75, 3.05) is 0 Å². The Morgan fingerprint density at radius 2 is 0.519 bits per heavy atom. The van der Waals surface area contributed by atoms with Gasteiger partial charge in [-0.2, -0.15) is 0 Å². The number of hydrogen-bond donors (Lipinski definition) is 0. The molecular weight excluding hydrogens is 653 g/mol. The van der Waals surface area contributed by atoms with Crippen LogP contribution in [0.1, 0.15) is 129 Å². The third kappa shape index (κ3) is 7.53. The molecule has 0 radical (unpaired) electrons. The van der Waals surface area contributed by atoms with Crippen LogP contribution in [0.25, 0.3) is 0 Å². The summed E-state index contributed by atoms with van der Waals surface area (Å²) in [5.41, 5.74) is 20.3. The molecule has 6 rings (SSSR count). The van der Waals surface area contributed by atoms with Crippen LogP contribution in [0.3, 0.4) is 0 Å². The lowest BCUT2D eigenvalue weighted by atomic mass is 9.78. The van der Waals surface area contributed by atoms with E-state index in [1.54, 1.807) is 0 Å². The fourth-order valence-electron chi connectivity index (χ4n) is 8.62. The second kappa shape index (κ2) is 16.8. The molecule has 0 fully saturated rings. The second-order valence-corrected chi connectivity index (χ2v) is 15.2. The first-order valence-electron chi connectivity index (χ1n) is 19.6. The van der Waals surface area contributed by atoms with Gasteiger partial charge in [0.05, 0.1) is 11.4 Å². The van der Waals surface area contributed by atoms with Gasteiger partial charge in [-0.25, -0.2) is 0 Å². The third-order valence-electron chi connectivity index (χ3n) is 12.3. The van der Waals surface area contributed by atoms with Crippen LogP contribution in [0.5, 0.6) is 0 Å². The molecule has 0 N–H and O–H groups in total. The molecule has 0 heterocycles. The minimum absolute atomic E-state index is 0.162. The van der Waals surface area contributed by atoms with Crippen LogP contribution in [0, 0.1) is 41.5 Å². The maximum atomic E-state index is 5.43. The summed E-state index contributed by atoms with van der Waals surface area (Å²) in [6.45, 7) is 22.9. The van der Waals surface area contributed by atoms with Crippen LogP contribution in [-0.4, -0.2) is 12.4 Å². The Kier molecular flexibility index (Phi) is 11.9. The zero-order valence-electron chi connectivity index (χ0n) is 33.9. The molecule has 54 heavy (non-hydrogen) atoms. The molecule has 6 aromatic carbocycles. The maximum Gasteiger partial charge on any atom is 0.0711 e. The minimum atomic E-state index is 0.162. The van der Waals surface area contributed by atoms with E-state index in [9.17, 15) is 0 Å². The molecule has 0 saturated heterocycles. The lowest BCUT2D eigenvalue weighted by Crippen LogP contribution is -2.10. The van der Waals surface area contributed by atoms with Crippen molar-refractivity contribution in [1.29, 1.82) is 0 Å². The van der Waals surface area contributed by atoms with E-state index in [4.69, 9.17) is 9.98 Å². The summed E-state index contributed by atoms with van der Waals surface area (Å²) in [5, 5.41) is 0. The molecule has 0 unspecified atom stereocenters. The predicted molar refractivity (Wildman–Crippen MR) is 233 cm³/mol. The molecule has 0 spiro atoms. The molecule has 0 aliphatic carbocycles. The van der Waals surface area contributed by atoms with Crippen LogP contribution in [0.2, 0.25) is 0 Å². The van der Waals surface area contributed by atoms with Gasteiger partial charge in [-0.15, -0.1) is 0 Å². The lowest BCUT2D eigenvalue weighted by Gasteiger charge is -2.27. The van der Waals surface area contributed by atoms with Gasteiger partial charge in [-0.05, 0) is 119 Å². The Labute approximate surface area is 324 Å². The topological polar surface area (TPSA) is 24.7 Å². The predicted octanol–water partition coefficient (Wildman–Crippen LogP) is 14.2. The van der Waals surface area contributed by atoms with E-state index in [0.29, 0.717) is 0 Å². The van der Waals surface area contributed by atoms with Crippen molar-refractivity contribution in [1.82, 2.24) is 0 Å². The molecule has 274 valence electrons. The summed E-state index contributed by atoms with van der Waals surface area (Å²) in [4.78, 5) is 10.9. The number of aliphatic imine (C=N–C) groups is 2. The van der Waals surface area contributed by atoms with Crippen molar-refractivity contribution in [3.63, 3.8) is 0 Å². The molecule has 0 aliphatic heterocycles. The molecule has 0 amide bonds. The number of benzene rings is 6. The zero-order valence-corrected chi connectivity index (χ0v) is 33.9. The Morgan fingerprint density at radius 3 is 0.722 bits per heavy atom. The van der Waals surface area contributed by atoms with E-state index < -0.39 is 0 Å². The van der Waals surface area contributed by atoms with Crippen molar-refractivity contribution < 1.29 is 0 Å². The van der Waals surface area contributed by atoms with Gasteiger partial charge >= 0.3 is 0 Å². The molecule has 2 heteroatoms. The lowest BCUT2D eigenvalue weighted by molar-refractivity contribution is 0.864. The molecule has 6 aromatic rings. The minimum Gasteiger partial charge on any atom is -0.255 e. The van der Waals surface area contributed by atoms with Crippen molar-refractivity contribution in [3.8, 4) is 0 Å². The molecule has 0 bridgehead atoms. The van der Waals surface area contributed by atoms with E-state index in [2.05, 4.69) is 191 Å². The van der Waals surface area contributed by atoms with Crippen LogP contribution >= 0.6 is 0 Å². The number of nitrogens with zero attached hydrogens (tertiary/aromatic N) is 2. The maximum absolute atomic E-state index is 5.43. The summed E-state index contributed by atoms with van der Waals surface area (Å²) in [6.07, 6.45) is 3.90. The molecule has 2 nitrogen and oxygen atoms in total. The summed E-state index contributed by atoms with van der Waals surface area (Å²) < 4.78 is 0. The third-order valence-corrected chi connectivity index (χ3v) is 12.3. The second-order valence-electron chi connectivity index (χ2n) is 15.2. The first-order valence-corrected chi connectivity index (χ1v) is 19.6. The summed E-state index contributed by atoms with van der Waals surface area (Å²) >= 11 is 0. The van der Waals surface area contributed by atoms with Crippen LogP contribution in [0.15, 0.2) is 131 Å². The van der Waals surface area contributed by atoms with E-state index in [0.717, 1.165) is 11.4 Å². The largest absolute Gasteiger partial charge is 0.255 e. The van der Waals surface area contributed by atoms with Crippen LogP contribution < -0.4 is 0 Å². The quantitative estimate of drug-likeness (QED) is 0.120. The Bertz CT molecular complexity index is 1960. The highest BCUT2D eigenvalue weighted by molar-refractivity contribution is 6.17. The Morgan fingerprint density at radius 1 is 0.315 bits per heavy atom. The van der Waals surface area contributed by atoms with Crippen molar-refractivity contribution in [2.24, 2.45) is 9.98 Å². The normalized spacial score (nSPS) is 14.0. The molecule has 0 saturated carbocycles. The molecular formula is C52H56N2. The number of rotatable bonds is 11. The fraction of sp³-hybridized carbons (Fsp3) is 0.269. The Balaban J connectivity index is 1.57. The standard InChI is InChI=1S/C52H56N2/c1-33-35(3)47(39(7)43-23-15-11-16-24-43)51(48(36(33)4)40(8)44-25-17-12-18-26-44)53-31-32-54-52-49(41(9)45-27-19-13-20-28-45)37(5)34(2)38(6)50(52)42(10)46-29-21-14-22-30-46/h11-32,39-42H,1-10H3/b53-31+,54-32+/t39-,40-,41-,42-/m1/s1. The zero-order chi connectivity index (χ0) is 38.5. The smallest absolute Gasteiger partial charge is 0.0711 e. The summed E-state index contributed by atoms with van der Waals surface area (Å²) in [5.74, 6) is 0.649. The van der Waals surface area contributed by atoms with E-state index in [1.807, 2.05) is 12.4 Å². The van der Waals surface area contributed by atoms with Gasteiger partial charge in [0, 0.05) is 36.1 Å². The van der Waals surface area contributed by atoms with E-state index in [1.165, 1.54) is 77.9 Å². The summed E-state index contributed by atoms with van der Waals surface area (Å²) in [6, 6.07) is 43.4. The van der Waals surface area contributed by atoms with Crippen LogP contribution in [0.4, 0.5) is 11.4 Å². The van der Waals surface area contributed by atoms with Gasteiger partial charge in [-0.3, -0.25) is 9.98 Å². The van der Waals surface area contributed by atoms with E-state index in [-0.39, 0.29) is 23.7 Å². The van der Waals surface area contributed by atoms with Crippen LogP contribution in [-0.2, 0) is 0 Å². The van der Waals surface area contributed by atoms with Gasteiger partial charge in [0.2, 0.25) is 0 Å². The fourth-order valence-corrected chi connectivity index (χ4v) is 8.62. The van der Waals surface area contributed by atoms with Crippen molar-refractivity contribution >= 4 is 23.8 Å².